The van der Waals surface area contributed by atoms with E-state index in [0.29, 0.717) is 18.0 Å². The standard InChI is InChI=1S/C17H19N5OS/c18-11-14-3-1-7-19-16(14)22-8-5-13(6-9-22)12-20-17(23)21-15-4-2-10-24-15/h1-4,7,10,13H,5-6,8-9,12H2,(H2,20,21,23). The van der Waals surface area contributed by atoms with Gasteiger partial charge >= 0.3 is 6.03 Å². The van der Waals surface area contributed by atoms with Gasteiger partial charge < -0.3 is 10.2 Å². The molecule has 0 saturated carbocycles. The molecule has 0 atom stereocenters. The topological polar surface area (TPSA) is 81.1 Å². The van der Waals surface area contributed by atoms with Crippen molar-refractivity contribution >= 4 is 28.2 Å². The van der Waals surface area contributed by atoms with Crippen LogP contribution < -0.4 is 15.5 Å². The van der Waals surface area contributed by atoms with Crippen LogP contribution in [0, 0.1) is 17.2 Å². The zero-order valence-electron chi connectivity index (χ0n) is 13.2. The van der Waals surface area contributed by atoms with Gasteiger partial charge in [-0.15, -0.1) is 11.3 Å². The zero-order valence-corrected chi connectivity index (χ0v) is 14.1. The van der Waals surface area contributed by atoms with Gasteiger partial charge in [0.15, 0.2) is 0 Å². The number of urea groups is 1. The fourth-order valence-corrected chi connectivity index (χ4v) is 3.44. The molecule has 24 heavy (non-hydrogen) atoms. The van der Waals surface area contributed by atoms with Crippen LogP contribution in [0.5, 0.6) is 0 Å². The Labute approximate surface area is 145 Å². The summed E-state index contributed by atoms with van der Waals surface area (Å²) in [6, 6.07) is 9.40. The third-order valence-electron chi connectivity index (χ3n) is 4.13. The predicted octanol–water partition coefficient (Wildman–Crippen LogP) is 3.05. The number of anilines is 2. The average Bonchev–Trinajstić information content (AvgIpc) is 3.13. The van der Waals surface area contributed by atoms with Crippen molar-refractivity contribution in [2.75, 3.05) is 29.9 Å². The fraction of sp³-hybridized carbons (Fsp3) is 0.353. The Morgan fingerprint density at radius 3 is 2.92 bits per heavy atom. The minimum atomic E-state index is -0.156. The van der Waals surface area contributed by atoms with Crippen LogP contribution in [0.25, 0.3) is 0 Å². The Morgan fingerprint density at radius 1 is 1.38 bits per heavy atom. The minimum Gasteiger partial charge on any atom is -0.356 e. The van der Waals surface area contributed by atoms with E-state index in [1.165, 1.54) is 11.3 Å². The van der Waals surface area contributed by atoms with E-state index >= 15 is 0 Å². The van der Waals surface area contributed by atoms with E-state index in [2.05, 4.69) is 26.6 Å². The van der Waals surface area contributed by atoms with Crippen LogP contribution in [0.2, 0.25) is 0 Å². The molecule has 1 saturated heterocycles. The van der Waals surface area contributed by atoms with Crippen molar-refractivity contribution < 1.29 is 4.79 Å². The normalized spacial score (nSPS) is 14.9. The largest absolute Gasteiger partial charge is 0.356 e. The van der Waals surface area contributed by atoms with Gasteiger partial charge in [-0.05, 0) is 48.4 Å². The molecule has 0 bridgehead atoms. The van der Waals surface area contributed by atoms with Crippen molar-refractivity contribution in [2.45, 2.75) is 12.8 Å². The number of carbonyl (C=O) groups is 1. The van der Waals surface area contributed by atoms with Crippen LogP contribution in [0.3, 0.4) is 0 Å². The number of amides is 2. The molecule has 7 heteroatoms. The lowest BCUT2D eigenvalue weighted by molar-refractivity contribution is 0.248. The van der Waals surface area contributed by atoms with Gasteiger partial charge in [-0.25, -0.2) is 9.78 Å². The SMILES string of the molecule is N#Cc1cccnc1N1CCC(CNC(=O)Nc2cccs2)CC1. The second kappa shape index (κ2) is 7.79. The molecule has 3 rings (SSSR count). The summed E-state index contributed by atoms with van der Waals surface area (Å²) < 4.78 is 0. The third-order valence-corrected chi connectivity index (χ3v) is 4.92. The van der Waals surface area contributed by atoms with Crippen LogP contribution in [-0.2, 0) is 0 Å². The molecule has 1 fully saturated rings. The van der Waals surface area contributed by atoms with Crippen LogP contribution >= 0.6 is 11.3 Å². The van der Waals surface area contributed by atoms with Gasteiger partial charge in [-0.1, -0.05) is 0 Å². The second-order valence-corrected chi connectivity index (χ2v) is 6.68. The molecule has 2 amide bonds. The summed E-state index contributed by atoms with van der Waals surface area (Å²) in [6.07, 6.45) is 3.67. The van der Waals surface area contributed by atoms with E-state index in [1.54, 1.807) is 18.3 Å². The number of thiophene rings is 1. The van der Waals surface area contributed by atoms with Gasteiger partial charge in [0.25, 0.3) is 0 Å². The van der Waals surface area contributed by atoms with Crippen molar-refractivity contribution in [1.29, 1.82) is 5.26 Å². The Bertz CT molecular complexity index is 717. The molecule has 1 aliphatic heterocycles. The van der Waals surface area contributed by atoms with Gasteiger partial charge in [-0.2, -0.15) is 5.26 Å². The summed E-state index contributed by atoms with van der Waals surface area (Å²) in [5.41, 5.74) is 0.615. The molecule has 1 aliphatic rings. The van der Waals surface area contributed by atoms with Gasteiger partial charge in [0.05, 0.1) is 10.6 Å². The number of hydrogen-bond acceptors (Lipinski definition) is 5. The lowest BCUT2D eigenvalue weighted by Gasteiger charge is -2.33. The maximum Gasteiger partial charge on any atom is 0.319 e. The van der Waals surface area contributed by atoms with Crippen molar-refractivity contribution in [2.24, 2.45) is 5.92 Å². The number of rotatable bonds is 4. The highest BCUT2D eigenvalue weighted by Crippen LogP contribution is 2.23. The Morgan fingerprint density at radius 2 is 2.21 bits per heavy atom. The van der Waals surface area contributed by atoms with Crippen molar-refractivity contribution in [3.63, 3.8) is 0 Å². The number of nitrogens with one attached hydrogen (secondary N) is 2. The zero-order chi connectivity index (χ0) is 16.8. The van der Waals surface area contributed by atoms with E-state index in [4.69, 9.17) is 0 Å². The lowest BCUT2D eigenvalue weighted by Crippen LogP contribution is -2.40. The Kier molecular flexibility index (Phi) is 5.29. The molecule has 2 N–H and O–H groups in total. The van der Waals surface area contributed by atoms with Crippen molar-refractivity contribution in [3.8, 4) is 6.07 Å². The third kappa shape index (κ3) is 4.03. The highest BCUT2D eigenvalue weighted by molar-refractivity contribution is 7.14. The fourth-order valence-electron chi connectivity index (χ4n) is 2.83. The van der Waals surface area contributed by atoms with Gasteiger partial charge in [-0.3, -0.25) is 5.32 Å². The number of carbonyl (C=O) groups excluding carboxylic acids is 1. The molecule has 0 radical (unpaired) electrons. The first-order valence-electron chi connectivity index (χ1n) is 7.94. The van der Waals surface area contributed by atoms with Crippen molar-refractivity contribution in [1.82, 2.24) is 10.3 Å². The quantitative estimate of drug-likeness (QED) is 0.895. The van der Waals surface area contributed by atoms with Crippen LogP contribution in [0.15, 0.2) is 35.8 Å². The minimum absolute atomic E-state index is 0.156. The maximum atomic E-state index is 11.9. The van der Waals surface area contributed by atoms with E-state index < -0.39 is 0 Å². The summed E-state index contributed by atoms with van der Waals surface area (Å²) in [4.78, 5) is 18.3. The first-order valence-corrected chi connectivity index (χ1v) is 8.82. The van der Waals surface area contributed by atoms with Gasteiger partial charge in [0.1, 0.15) is 11.9 Å². The summed E-state index contributed by atoms with van der Waals surface area (Å²) in [6.45, 7) is 2.37. The second-order valence-electron chi connectivity index (χ2n) is 5.73. The molecule has 0 unspecified atom stereocenters. The number of pyridine rings is 1. The van der Waals surface area contributed by atoms with E-state index in [9.17, 15) is 10.1 Å². The molecular weight excluding hydrogens is 322 g/mol. The molecule has 3 heterocycles. The number of piperidine rings is 1. The molecule has 0 aliphatic carbocycles. The van der Waals surface area contributed by atoms with E-state index in [1.807, 2.05) is 17.5 Å². The monoisotopic (exact) mass is 341 g/mol. The Balaban J connectivity index is 1.45. The summed E-state index contributed by atoms with van der Waals surface area (Å²) in [7, 11) is 0. The molecule has 2 aromatic heterocycles. The average molecular weight is 341 g/mol. The number of aromatic nitrogens is 1. The Hall–Kier alpha value is -2.59. The van der Waals surface area contributed by atoms with Gasteiger partial charge in [0, 0.05) is 25.8 Å². The molecule has 6 nitrogen and oxygen atoms in total. The highest BCUT2D eigenvalue weighted by Gasteiger charge is 2.22. The van der Waals surface area contributed by atoms with Crippen LogP contribution in [0.4, 0.5) is 15.6 Å². The molecule has 2 aromatic rings. The predicted molar refractivity (Wildman–Crippen MR) is 95.2 cm³/mol. The van der Waals surface area contributed by atoms with E-state index in [-0.39, 0.29) is 6.03 Å². The number of nitrogens with zero attached hydrogens (tertiary/aromatic N) is 3. The maximum absolute atomic E-state index is 11.9. The van der Waals surface area contributed by atoms with E-state index in [0.717, 1.165) is 36.8 Å². The molecule has 124 valence electrons. The molecule has 0 aromatic carbocycles. The smallest absolute Gasteiger partial charge is 0.319 e. The highest BCUT2D eigenvalue weighted by atomic mass is 32.1. The number of hydrogen-bond donors (Lipinski definition) is 2. The first kappa shape index (κ1) is 16.3. The molecular formula is C17H19N5OS. The number of nitriles is 1. The van der Waals surface area contributed by atoms with Crippen molar-refractivity contribution in [3.05, 3.63) is 41.4 Å². The van der Waals surface area contributed by atoms with Crippen LogP contribution in [-0.4, -0.2) is 30.6 Å². The molecule has 0 spiro atoms. The summed E-state index contributed by atoms with van der Waals surface area (Å²) in [5.74, 6) is 1.21. The van der Waals surface area contributed by atoms with Gasteiger partial charge in [0.2, 0.25) is 0 Å². The lowest BCUT2D eigenvalue weighted by atomic mass is 9.96. The summed E-state index contributed by atoms with van der Waals surface area (Å²) >= 11 is 1.50. The summed E-state index contributed by atoms with van der Waals surface area (Å²) in [5, 5.41) is 17.7. The van der Waals surface area contributed by atoms with Crippen LogP contribution in [0.1, 0.15) is 18.4 Å². The first-order chi connectivity index (χ1) is 11.8.